The number of rotatable bonds is 3. The standard InChI is InChI=1S/C13H13BrN2O2S/c1-3-10-7(2)19-13(15-10)16-12(18)8-4-5-9(14)11(17)6-8/h4-6,17H,3H2,1-2H3,(H,15,16,18). The average Bonchev–Trinajstić information content (AvgIpc) is 2.72. The molecule has 100 valence electrons. The zero-order valence-electron chi connectivity index (χ0n) is 10.5. The Kier molecular flexibility index (Phi) is 4.21. The van der Waals surface area contributed by atoms with Gasteiger partial charge < -0.3 is 5.11 Å². The van der Waals surface area contributed by atoms with Crippen molar-refractivity contribution in [3.8, 4) is 5.75 Å². The van der Waals surface area contributed by atoms with Gasteiger partial charge in [-0.05, 0) is 47.5 Å². The molecule has 0 spiro atoms. The zero-order chi connectivity index (χ0) is 14.0. The van der Waals surface area contributed by atoms with Crippen molar-refractivity contribution in [3.05, 3.63) is 38.8 Å². The summed E-state index contributed by atoms with van der Waals surface area (Å²) in [6.45, 7) is 4.01. The number of hydrogen-bond donors (Lipinski definition) is 2. The number of aromatic nitrogens is 1. The van der Waals surface area contributed by atoms with Crippen LogP contribution in [0.3, 0.4) is 0 Å². The number of thiazole rings is 1. The van der Waals surface area contributed by atoms with Crippen LogP contribution < -0.4 is 5.32 Å². The number of benzene rings is 1. The van der Waals surface area contributed by atoms with Crippen molar-refractivity contribution >= 4 is 38.3 Å². The molecule has 19 heavy (non-hydrogen) atoms. The second kappa shape index (κ2) is 5.71. The molecular weight excluding hydrogens is 328 g/mol. The normalized spacial score (nSPS) is 10.5. The minimum absolute atomic E-state index is 0.0391. The number of amides is 1. The molecule has 4 nitrogen and oxygen atoms in total. The van der Waals surface area contributed by atoms with E-state index in [0.29, 0.717) is 15.2 Å². The Morgan fingerprint density at radius 1 is 1.53 bits per heavy atom. The molecule has 1 heterocycles. The van der Waals surface area contributed by atoms with Crippen molar-refractivity contribution in [2.75, 3.05) is 5.32 Å². The molecule has 2 rings (SSSR count). The number of phenols is 1. The molecule has 0 aliphatic heterocycles. The first-order chi connectivity index (χ1) is 9.01. The molecule has 1 amide bonds. The molecule has 0 aliphatic carbocycles. The van der Waals surface area contributed by atoms with Crippen molar-refractivity contribution in [3.63, 3.8) is 0 Å². The number of carbonyl (C=O) groups is 1. The summed E-state index contributed by atoms with van der Waals surface area (Å²) in [6, 6.07) is 4.69. The molecular formula is C13H13BrN2O2S. The van der Waals surface area contributed by atoms with E-state index in [1.54, 1.807) is 12.1 Å². The van der Waals surface area contributed by atoms with Crippen LogP contribution in [0.2, 0.25) is 0 Å². The quantitative estimate of drug-likeness (QED) is 0.894. The van der Waals surface area contributed by atoms with Gasteiger partial charge >= 0.3 is 0 Å². The maximum Gasteiger partial charge on any atom is 0.257 e. The van der Waals surface area contributed by atoms with E-state index in [-0.39, 0.29) is 11.7 Å². The summed E-state index contributed by atoms with van der Waals surface area (Å²) in [7, 11) is 0. The topological polar surface area (TPSA) is 62.2 Å². The van der Waals surface area contributed by atoms with Gasteiger partial charge in [0.05, 0.1) is 10.2 Å². The first-order valence-corrected chi connectivity index (χ1v) is 7.38. The molecule has 0 unspecified atom stereocenters. The van der Waals surface area contributed by atoms with Gasteiger partial charge in [-0.1, -0.05) is 6.92 Å². The van der Waals surface area contributed by atoms with Crippen molar-refractivity contribution in [1.29, 1.82) is 0 Å². The van der Waals surface area contributed by atoms with Crippen LogP contribution in [0.5, 0.6) is 5.75 Å². The lowest BCUT2D eigenvalue weighted by Gasteiger charge is -2.03. The first kappa shape index (κ1) is 14.0. The molecule has 0 saturated carbocycles. The molecule has 1 aromatic heterocycles. The van der Waals surface area contributed by atoms with Crippen molar-refractivity contribution in [2.45, 2.75) is 20.3 Å². The third-order valence-corrected chi connectivity index (χ3v) is 4.26. The molecule has 1 aromatic carbocycles. The Hall–Kier alpha value is -1.40. The van der Waals surface area contributed by atoms with E-state index < -0.39 is 0 Å². The number of carbonyl (C=O) groups excluding carboxylic acids is 1. The van der Waals surface area contributed by atoms with E-state index in [2.05, 4.69) is 26.2 Å². The van der Waals surface area contributed by atoms with Gasteiger partial charge in [0.1, 0.15) is 5.75 Å². The fourth-order valence-corrected chi connectivity index (χ4v) is 2.78. The third-order valence-electron chi connectivity index (χ3n) is 2.66. The summed E-state index contributed by atoms with van der Waals surface area (Å²) in [5.41, 5.74) is 1.39. The second-order valence-corrected chi connectivity index (χ2v) is 6.05. The highest BCUT2D eigenvalue weighted by molar-refractivity contribution is 9.10. The van der Waals surface area contributed by atoms with E-state index in [9.17, 15) is 9.90 Å². The third kappa shape index (κ3) is 3.13. The van der Waals surface area contributed by atoms with Crippen LogP contribution in [-0.4, -0.2) is 16.0 Å². The zero-order valence-corrected chi connectivity index (χ0v) is 12.9. The largest absolute Gasteiger partial charge is 0.507 e. The Morgan fingerprint density at radius 2 is 2.26 bits per heavy atom. The average molecular weight is 341 g/mol. The van der Waals surface area contributed by atoms with Crippen molar-refractivity contribution < 1.29 is 9.90 Å². The first-order valence-electron chi connectivity index (χ1n) is 5.77. The number of anilines is 1. The van der Waals surface area contributed by atoms with Gasteiger partial charge in [0.15, 0.2) is 5.13 Å². The van der Waals surface area contributed by atoms with E-state index in [0.717, 1.165) is 17.0 Å². The smallest absolute Gasteiger partial charge is 0.257 e. The summed E-state index contributed by atoms with van der Waals surface area (Å²) in [4.78, 5) is 17.5. The van der Waals surface area contributed by atoms with Gasteiger partial charge in [0, 0.05) is 10.4 Å². The fourth-order valence-electron chi connectivity index (χ4n) is 1.63. The second-order valence-electron chi connectivity index (χ2n) is 4.00. The maximum atomic E-state index is 12.0. The minimum Gasteiger partial charge on any atom is -0.507 e. The number of nitrogens with one attached hydrogen (secondary N) is 1. The molecule has 0 aliphatic rings. The number of phenolic OH excluding ortho intramolecular Hbond substituents is 1. The van der Waals surface area contributed by atoms with Crippen LogP contribution >= 0.6 is 27.3 Å². The highest BCUT2D eigenvalue weighted by Crippen LogP contribution is 2.26. The molecule has 2 aromatic rings. The lowest BCUT2D eigenvalue weighted by molar-refractivity contribution is 0.102. The van der Waals surface area contributed by atoms with Crippen LogP contribution in [0.4, 0.5) is 5.13 Å². The van der Waals surface area contributed by atoms with Crippen molar-refractivity contribution in [2.24, 2.45) is 0 Å². The maximum absolute atomic E-state index is 12.0. The van der Waals surface area contributed by atoms with Crippen LogP contribution in [0.1, 0.15) is 27.9 Å². The van der Waals surface area contributed by atoms with Gasteiger partial charge in [0.25, 0.3) is 5.91 Å². The molecule has 0 saturated heterocycles. The van der Waals surface area contributed by atoms with E-state index in [1.807, 2.05) is 13.8 Å². The summed E-state index contributed by atoms with van der Waals surface area (Å²) >= 11 is 4.63. The summed E-state index contributed by atoms with van der Waals surface area (Å²) < 4.78 is 0.558. The monoisotopic (exact) mass is 340 g/mol. The highest BCUT2D eigenvalue weighted by atomic mass is 79.9. The van der Waals surface area contributed by atoms with Gasteiger partial charge in [-0.25, -0.2) is 4.98 Å². The molecule has 0 fully saturated rings. The molecule has 2 N–H and O–H groups in total. The summed E-state index contributed by atoms with van der Waals surface area (Å²) in [5.74, 6) is -0.239. The molecule has 6 heteroatoms. The number of nitrogens with zero attached hydrogens (tertiary/aromatic N) is 1. The van der Waals surface area contributed by atoms with E-state index >= 15 is 0 Å². The number of halogens is 1. The Morgan fingerprint density at radius 3 is 2.84 bits per heavy atom. The Balaban J connectivity index is 2.18. The molecule has 0 bridgehead atoms. The van der Waals surface area contributed by atoms with Crippen LogP contribution in [0.15, 0.2) is 22.7 Å². The molecule has 0 atom stereocenters. The van der Waals surface area contributed by atoms with Crippen LogP contribution in [-0.2, 0) is 6.42 Å². The van der Waals surface area contributed by atoms with Crippen LogP contribution in [0, 0.1) is 6.92 Å². The fraction of sp³-hybridized carbons (Fsp3) is 0.231. The van der Waals surface area contributed by atoms with E-state index in [4.69, 9.17) is 0 Å². The number of aryl methyl sites for hydroxylation is 2. The Bertz CT molecular complexity index is 625. The van der Waals surface area contributed by atoms with Crippen molar-refractivity contribution in [1.82, 2.24) is 4.98 Å². The van der Waals surface area contributed by atoms with Gasteiger partial charge in [-0.3, -0.25) is 10.1 Å². The molecule has 0 radical (unpaired) electrons. The minimum atomic E-state index is -0.279. The van der Waals surface area contributed by atoms with Gasteiger partial charge in [0.2, 0.25) is 0 Å². The SMILES string of the molecule is CCc1nc(NC(=O)c2ccc(Br)c(O)c2)sc1C. The van der Waals surface area contributed by atoms with Crippen LogP contribution in [0.25, 0.3) is 0 Å². The summed E-state index contributed by atoms with van der Waals surface area (Å²) in [6.07, 6.45) is 0.845. The number of aromatic hydroxyl groups is 1. The predicted octanol–water partition coefficient (Wildman–Crippen LogP) is 3.73. The van der Waals surface area contributed by atoms with Gasteiger partial charge in [-0.2, -0.15) is 0 Å². The summed E-state index contributed by atoms with van der Waals surface area (Å²) in [5, 5.41) is 12.9. The highest BCUT2D eigenvalue weighted by Gasteiger charge is 2.12. The lowest BCUT2D eigenvalue weighted by Crippen LogP contribution is -2.11. The number of hydrogen-bond acceptors (Lipinski definition) is 4. The lowest BCUT2D eigenvalue weighted by atomic mass is 10.2. The van der Waals surface area contributed by atoms with Gasteiger partial charge in [-0.15, -0.1) is 11.3 Å². The predicted molar refractivity (Wildman–Crippen MR) is 80.0 cm³/mol. The van der Waals surface area contributed by atoms with E-state index in [1.165, 1.54) is 17.4 Å². The Labute approximate surface area is 123 Å².